The number of carbonyl (C=O) groups is 2. The van der Waals surface area contributed by atoms with Crippen molar-refractivity contribution >= 4 is 22.1 Å². The molecule has 0 spiro atoms. The van der Waals surface area contributed by atoms with Gasteiger partial charge in [0.1, 0.15) is 6.10 Å². The minimum atomic E-state index is -4.48. The first-order valence-electron chi connectivity index (χ1n) is 14.6. The number of ether oxygens (including phenoxy) is 1. The summed E-state index contributed by atoms with van der Waals surface area (Å²) >= 11 is 0. The number of carboxylic acid groups (broad SMARTS) is 1. The molecule has 10 heteroatoms. The Balaban J connectivity index is -0.00000612. The van der Waals surface area contributed by atoms with Crippen LogP contribution in [0.1, 0.15) is 155 Å². The predicted octanol–water partition coefficient (Wildman–Crippen LogP) is 0.194. The largest absolute Gasteiger partial charge is 1.00 e. The van der Waals surface area contributed by atoms with Crippen LogP contribution in [0.4, 0.5) is 0 Å². The summed E-state index contributed by atoms with van der Waals surface area (Å²) in [7, 11) is -4.48. The SMILES string of the molecule is CCCCCCCCCCCCCCCCCC(=O)OC(CCCCCCCC(=O)[O-])CS(=O)(=O)[O-].[Na+].[Na+]. The number of carboxylic acids is 1. The van der Waals surface area contributed by atoms with Gasteiger partial charge >= 0.3 is 65.1 Å². The van der Waals surface area contributed by atoms with Crippen molar-refractivity contribution in [2.45, 2.75) is 161 Å². The van der Waals surface area contributed by atoms with E-state index in [0.717, 1.165) is 32.1 Å². The zero-order valence-electron chi connectivity index (χ0n) is 24.8. The summed E-state index contributed by atoms with van der Waals surface area (Å²) in [6.45, 7) is 2.25. The molecule has 0 amide bonds. The molecule has 0 rings (SSSR count). The summed E-state index contributed by atoms with van der Waals surface area (Å²) in [6.07, 6.45) is 21.8. The molecule has 0 fully saturated rings. The van der Waals surface area contributed by atoms with Gasteiger partial charge in [0.25, 0.3) is 0 Å². The van der Waals surface area contributed by atoms with Crippen molar-refractivity contribution < 1.29 is 91.5 Å². The standard InChI is InChI=1S/C28H54O7S.2Na/c1-2-3-4-5-6-7-8-9-10-11-12-13-14-18-21-24-28(31)35-26(25-36(32,33)34)22-19-16-15-17-20-23-27(29)30;;/h26H,2-25H2,1H3,(H,29,30)(H,32,33,34);;/q;2*+1/p-2. The fraction of sp³-hybridized carbons (Fsp3) is 0.929. The maximum absolute atomic E-state index is 12.1. The van der Waals surface area contributed by atoms with Crippen molar-refractivity contribution in [1.82, 2.24) is 0 Å². The number of hydrogen-bond acceptors (Lipinski definition) is 7. The van der Waals surface area contributed by atoms with Crippen molar-refractivity contribution in [1.29, 1.82) is 0 Å². The van der Waals surface area contributed by atoms with E-state index in [9.17, 15) is 27.7 Å². The average Bonchev–Trinajstić information content (AvgIpc) is 2.79. The molecule has 7 nitrogen and oxygen atoms in total. The Bertz CT molecular complexity index is 645. The van der Waals surface area contributed by atoms with E-state index in [4.69, 9.17) is 4.74 Å². The van der Waals surface area contributed by atoms with Crippen molar-refractivity contribution in [2.24, 2.45) is 0 Å². The van der Waals surface area contributed by atoms with Crippen LogP contribution in [0.5, 0.6) is 0 Å². The van der Waals surface area contributed by atoms with E-state index in [1.165, 1.54) is 77.0 Å². The van der Waals surface area contributed by atoms with Gasteiger partial charge in [0.2, 0.25) is 0 Å². The second-order valence-electron chi connectivity index (χ2n) is 10.2. The Morgan fingerprint density at radius 3 is 1.39 bits per heavy atom. The minimum absolute atomic E-state index is 0. The zero-order chi connectivity index (χ0) is 26.9. The van der Waals surface area contributed by atoms with Crippen LogP contribution in [0.25, 0.3) is 0 Å². The maximum Gasteiger partial charge on any atom is 1.00 e. The Labute approximate surface area is 277 Å². The van der Waals surface area contributed by atoms with E-state index < -0.39 is 33.9 Å². The van der Waals surface area contributed by atoms with E-state index >= 15 is 0 Å². The van der Waals surface area contributed by atoms with Gasteiger partial charge in [-0.25, -0.2) is 8.42 Å². The summed E-state index contributed by atoms with van der Waals surface area (Å²) in [5, 5.41) is 10.4. The molecule has 38 heavy (non-hydrogen) atoms. The smallest absolute Gasteiger partial charge is 0.748 e. The molecule has 0 aromatic rings. The van der Waals surface area contributed by atoms with Crippen LogP contribution in [-0.4, -0.2) is 36.8 Å². The molecule has 0 aliphatic heterocycles. The molecule has 214 valence electrons. The fourth-order valence-electron chi connectivity index (χ4n) is 4.46. The summed E-state index contributed by atoms with van der Waals surface area (Å²) < 4.78 is 38.8. The van der Waals surface area contributed by atoms with Crippen LogP contribution in [0, 0.1) is 0 Å². The van der Waals surface area contributed by atoms with Crippen LogP contribution >= 0.6 is 0 Å². The Morgan fingerprint density at radius 1 is 0.632 bits per heavy atom. The van der Waals surface area contributed by atoms with Crippen molar-refractivity contribution in [3.05, 3.63) is 0 Å². The van der Waals surface area contributed by atoms with Crippen LogP contribution in [0.2, 0.25) is 0 Å². The van der Waals surface area contributed by atoms with Gasteiger partial charge in [0.15, 0.2) is 0 Å². The zero-order valence-corrected chi connectivity index (χ0v) is 29.6. The third kappa shape index (κ3) is 34.9. The molecule has 0 aliphatic rings. The molecule has 0 bridgehead atoms. The van der Waals surface area contributed by atoms with Gasteiger partial charge in [-0.2, -0.15) is 0 Å². The molecular formula is C28H52Na2O7S. The molecule has 0 N–H and O–H groups in total. The molecule has 0 aliphatic carbocycles. The molecule has 0 aromatic heterocycles. The molecule has 0 aromatic carbocycles. The Hall–Kier alpha value is 0.850. The van der Waals surface area contributed by atoms with E-state index in [1.54, 1.807) is 0 Å². The van der Waals surface area contributed by atoms with Crippen LogP contribution in [0.3, 0.4) is 0 Å². The number of esters is 1. The van der Waals surface area contributed by atoms with Crippen LogP contribution in [-0.2, 0) is 24.4 Å². The molecular weight excluding hydrogens is 526 g/mol. The minimum Gasteiger partial charge on any atom is -0.748 e. The first-order valence-corrected chi connectivity index (χ1v) is 16.1. The van der Waals surface area contributed by atoms with Crippen LogP contribution in [0.15, 0.2) is 0 Å². The second kappa shape index (κ2) is 30.8. The first-order chi connectivity index (χ1) is 17.2. The number of carbonyl (C=O) groups excluding carboxylic acids is 2. The topological polar surface area (TPSA) is 124 Å². The molecule has 1 atom stereocenters. The third-order valence-electron chi connectivity index (χ3n) is 6.58. The van der Waals surface area contributed by atoms with Gasteiger partial charge in [0.05, 0.1) is 15.9 Å². The summed E-state index contributed by atoms with van der Waals surface area (Å²) in [5.74, 6) is -2.19. The van der Waals surface area contributed by atoms with Gasteiger partial charge in [0, 0.05) is 12.4 Å². The van der Waals surface area contributed by atoms with E-state index in [-0.39, 0.29) is 72.0 Å². The van der Waals surface area contributed by atoms with Crippen molar-refractivity contribution in [2.75, 3.05) is 5.75 Å². The van der Waals surface area contributed by atoms with E-state index in [1.807, 2.05) is 0 Å². The predicted molar refractivity (Wildman–Crippen MR) is 141 cm³/mol. The van der Waals surface area contributed by atoms with Gasteiger partial charge in [-0.15, -0.1) is 0 Å². The molecule has 0 saturated carbocycles. The Morgan fingerprint density at radius 2 is 1.00 bits per heavy atom. The summed E-state index contributed by atoms with van der Waals surface area (Å²) in [4.78, 5) is 22.5. The molecule has 0 heterocycles. The number of aliphatic carboxylic acids is 1. The van der Waals surface area contributed by atoms with E-state index in [0.29, 0.717) is 25.7 Å². The molecule has 1 unspecified atom stereocenters. The molecule has 0 saturated heterocycles. The second-order valence-corrected chi connectivity index (χ2v) is 11.7. The number of hydrogen-bond donors (Lipinski definition) is 0. The summed E-state index contributed by atoms with van der Waals surface area (Å²) in [6, 6.07) is 0. The maximum atomic E-state index is 12.1. The Kier molecular flexibility index (Phi) is 35.1. The average molecular weight is 579 g/mol. The van der Waals surface area contributed by atoms with Crippen LogP contribution < -0.4 is 64.2 Å². The summed E-state index contributed by atoms with van der Waals surface area (Å²) in [5.41, 5.74) is 0. The van der Waals surface area contributed by atoms with Gasteiger partial charge < -0.3 is 19.2 Å². The fourth-order valence-corrected chi connectivity index (χ4v) is 5.15. The van der Waals surface area contributed by atoms with Crippen molar-refractivity contribution in [3.8, 4) is 0 Å². The van der Waals surface area contributed by atoms with Gasteiger partial charge in [-0.3, -0.25) is 4.79 Å². The first kappa shape index (κ1) is 43.3. The van der Waals surface area contributed by atoms with Gasteiger partial charge in [-0.1, -0.05) is 116 Å². The quantitative estimate of drug-likeness (QED) is 0.0590. The number of unbranched alkanes of at least 4 members (excludes halogenated alkanes) is 18. The third-order valence-corrected chi connectivity index (χ3v) is 7.36. The monoisotopic (exact) mass is 578 g/mol. The van der Waals surface area contributed by atoms with E-state index in [2.05, 4.69) is 6.92 Å². The van der Waals surface area contributed by atoms with Crippen molar-refractivity contribution in [3.63, 3.8) is 0 Å². The number of rotatable bonds is 27. The van der Waals surface area contributed by atoms with Gasteiger partial charge in [-0.05, 0) is 32.1 Å². The normalized spacial score (nSPS) is 11.8. The molecule has 0 radical (unpaired) electrons.